The predicted octanol–water partition coefficient (Wildman–Crippen LogP) is -2.02. The van der Waals surface area contributed by atoms with Crippen molar-refractivity contribution >= 4 is 83.4 Å². The molecule has 0 aliphatic rings. The molecular formula is C10H10CaO6S2. The van der Waals surface area contributed by atoms with E-state index in [4.69, 9.17) is 0 Å². The maximum Gasteiger partial charge on any atom is 2.00 e. The maximum atomic E-state index is 10.3. The Morgan fingerprint density at radius 3 is 1.26 bits per heavy atom. The molecule has 0 N–H and O–H groups in total. The zero-order chi connectivity index (χ0) is 14.6. The van der Waals surface area contributed by atoms with Gasteiger partial charge in [-0.2, -0.15) is 0 Å². The molecule has 0 aromatic carbocycles. The number of carboxylic acids is 2. The third-order valence-corrected chi connectivity index (χ3v) is 2.66. The molecule has 100 valence electrons. The van der Waals surface area contributed by atoms with Gasteiger partial charge in [0.2, 0.25) is 10.2 Å². The van der Waals surface area contributed by atoms with Crippen LogP contribution in [0.25, 0.3) is 0 Å². The Labute approximate surface area is 148 Å². The number of rotatable bonds is 6. The number of carbonyl (C=O) groups is 4. The number of aliphatic carboxylic acids is 2. The summed E-state index contributed by atoms with van der Waals surface area (Å²) in [5, 5.41) is 18.7. The summed E-state index contributed by atoms with van der Waals surface area (Å²) in [4.78, 5) is 39.9. The van der Waals surface area contributed by atoms with Gasteiger partial charge in [0.25, 0.3) is 0 Å². The van der Waals surface area contributed by atoms with Crippen LogP contribution in [0.2, 0.25) is 0 Å². The molecule has 0 amide bonds. The Hall–Kier alpha value is -0.280. The molecule has 0 spiro atoms. The van der Waals surface area contributed by atoms with Gasteiger partial charge in [-0.3, -0.25) is 9.59 Å². The van der Waals surface area contributed by atoms with Gasteiger partial charge >= 0.3 is 37.7 Å². The maximum absolute atomic E-state index is 10.3. The number of thioether (sulfide) groups is 2. The molecule has 0 saturated carbocycles. The normalized spacial score (nSPS) is 8.00. The number of hydrogen-bond acceptors (Lipinski definition) is 8. The summed E-state index contributed by atoms with van der Waals surface area (Å²) in [6.07, 6.45) is 2.13. The van der Waals surface area contributed by atoms with Gasteiger partial charge in [0.1, 0.15) is 0 Å². The number of carboxylic acid groups (broad SMARTS) is 2. The van der Waals surface area contributed by atoms with Crippen molar-refractivity contribution in [3.05, 3.63) is 25.3 Å². The van der Waals surface area contributed by atoms with E-state index in [1.54, 1.807) is 0 Å². The Morgan fingerprint density at radius 2 is 1.11 bits per heavy atom. The van der Waals surface area contributed by atoms with Crippen molar-refractivity contribution in [1.82, 2.24) is 0 Å². The SMILES string of the molecule is C=CC(=O)SCC(=O)[O-].C=CC(=O)SCC(=O)[O-].[Ca+2]. The molecule has 0 rings (SSSR count). The van der Waals surface area contributed by atoms with Crippen molar-refractivity contribution in [3.63, 3.8) is 0 Å². The van der Waals surface area contributed by atoms with Crippen LogP contribution in [0.1, 0.15) is 0 Å². The summed E-state index contributed by atoms with van der Waals surface area (Å²) in [6.45, 7) is 6.31. The summed E-state index contributed by atoms with van der Waals surface area (Å²) in [5.41, 5.74) is 0. The van der Waals surface area contributed by atoms with Crippen LogP contribution in [0.4, 0.5) is 0 Å². The van der Waals surface area contributed by atoms with Crippen LogP contribution in [0.3, 0.4) is 0 Å². The average Bonchev–Trinajstić information content (AvgIpc) is 2.33. The van der Waals surface area contributed by atoms with Crippen molar-refractivity contribution in [3.8, 4) is 0 Å². The number of carbonyl (C=O) groups excluding carboxylic acids is 4. The second kappa shape index (κ2) is 15.8. The molecule has 0 fully saturated rings. The molecule has 0 aromatic heterocycles. The van der Waals surface area contributed by atoms with E-state index in [1.807, 2.05) is 0 Å². The van der Waals surface area contributed by atoms with E-state index >= 15 is 0 Å². The Kier molecular flexibility index (Phi) is 19.8. The van der Waals surface area contributed by atoms with Crippen LogP contribution >= 0.6 is 23.5 Å². The molecule has 0 aliphatic carbocycles. The van der Waals surface area contributed by atoms with Crippen LogP contribution in [-0.2, 0) is 19.2 Å². The minimum absolute atomic E-state index is 0. The first-order valence-corrected chi connectivity index (χ1v) is 6.28. The molecular weight excluding hydrogens is 320 g/mol. The first-order valence-electron chi connectivity index (χ1n) is 4.31. The van der Waals surface area contributed by atoms with Crippen molar-refractivity contribution in [1.29, 1.82) is 0 Å². The van der Waals surface area contributed by atoms with Gasteiger partial charge in [-0.25, -0.2) is 0 Å². The van der Waals surface area contributed by atoms with Crippen LogP contribution in [-0.4, -0.2) is 71.4 Å². The first-order chi connectivity index (χ1) is 8.33. The van der Waals surface area contributed by atoms with Gasteiger partial charge in [-0.05, 0) is 12.2 Å². The molecule has 0 aliphatic heterocycles. The minimum atomic E-state index is -1.24. The standard InChI is InChI=1S/2C5H6O3S.Ca/c2*1-2-5(8)9-3-4(6)7;/h2*2H,1,3H2,(H,6,7);/q;;+2/p-2. The van der Waals surface area contributed by atoms with Crippen LogP contribution < -0.4 is 10.2 Å². The van der Waals surface area contributed by atoms with E-state index in [0.717, 1.165) is 12.2 Å². The van der Waals surface area contributed by atoms with E-state index in [0.29, 0.717) is 23.5 Å². The molecule has 6 nitrogen and oxygen atoms in total. The fourth-order valence-electron chi connectivity index (χ4n) is 0.378. The van der Waals surface area contributed by atoms with Gasteiger partial charge in [0.05, 0.1) is 11.9 Å². The van der Waals surface area contributed by atoms with Crippen LogP contribution in [0.5, 0.6) is 0 Å². The zero-order valence-electron chi connectivity index (χ0n) is 9.96. The monoisotopic (exact) mass is 330 g/mol. The summed E-state index contributed by atoms with van der Waals surface area (Å²) < 4.78 is 0. The van der Waals surface area contributed by atoms with E-state index in [1.165, 1.54) is 0 Å². The Balaban J connectivity index is -0.000000256. The van der Waals surface area contributed by atoms with E-state index in [2.05, 4.69) is 13.2 Å². The molecule has 0 aromatic rings. The summed E-state index contributed by atoms with van der Waals surface area (Å²) in [7, 11) is 0. The third kappa shape index (κ3) is 23.3. The van der Waals surface area contributed by atoms with Gasteiger partial charge in [-0.1, -0.05) is 36.7 Å². The second-order valence-electron chi connectivity index (χ2n) is 2.37. The van der Waals surface area contributed by atoms with Crippen LogP contribution in [0.15, 0.2) is 25.3 Å². The Morgan fingerprint density at radius 1 is 0.842 bits per heavy atom. The molecule has 0 radical (unpaired) electrons. The number of hydrogen-bond donors (Lipinski definition) is 0. The fraction of sp³-hybridized carbons (Fsp3) is 0.200. The molecule has 9 heteroatoms. The molecule has 0 atom stereocenters. The molecule has 19 heavy (non-hydrogen) atoms. The van der Waals surface area contributed by atoms with E-state index in [9.17, 15) is 29.4 Å². The van der Waals surface area contributed by atoms with E-state index in [-0.39, 0.29) is 59.5 Å². The van der Waals surface area contributed by atoms with Crippen molar-refractivity contribution in [2.24, 2.45) is 0 Å². The van der Waals surface area contributed by atoms with Crippen molar-refractivity contribution in [2.75, 3.05) is 11.5 Å². The topological polar surface area (TPSA) is 114 Å². The summed E-state index contributed by atoms with van der Waals surface area (Å²) in [6, 6.07) is 0. The van der Waals surface area contributed by atoms with Gasteiger partial charge in [0, 0.05) is 11.5 Å². The van der Waals surface area contributed by atoms with Gasteiger partial charge in [0.15, 0.2) is 0 Å². The second-order valence-corrected chi connectivity index (χ2v) is 4.33. The Bertz CT molecular complexity index is 322. The molecule has 0 bridgehead atoms. The first kappa shape index (κ1) is 23.8. The fourth-order valence-corrected chi connectivity index (χ4v) is 1.13. The third-order valence-electron chi connectivity index (χ3n) is 0.998. The average molecular weight is 330 g/mol. The zero-order valence-corrected chi connectivity index (χ0v) is 13.8. The minimum Gasteiger partial charge on any atom is -0.549 e. The van der Waals surface area contributed by atoms with Gasteiger partial charge < -0.3 is 19.8 Å². The summed E-state index contributed by atoms with van der Waals surface area (Å²) in [5.74, 6) is -3.08. The molecule has 0 heterocycles. The smallest absolute Gasteiger partial charge is 0.549 e. The van der Waals surface area contributed by atoms with Crippen LogP contribution in [0, 0.1) is 0 Å². The van der Waals surface area contributed by atoms with E-state index < -0.39 is 11.9 Å². The predicted molar refractivity (Wildman–Crippen MR) is 71.1 cm³/mol. The quantitative estimate of drug-likeness (QED) is 0.405. The molecule has 0 saturated heterocycles. The molecule has 0 unspecified atom stereocenters. The van der Waals surface area contributed by atoms with Crippen molar-refractivity contribution < 1.29 is 29.4 Å². The van der Waals surface area contributed by atoms with Gasteiger partial charge in [-0.15, -0.1) is 0 Å². The largest absolute Gasteiger partial charge is 2.00 e. The summed E-state index contributed by atoms with van der Waals surface area (Å²) >= 11 is 1.33. The van der Waals surface area contributed by atoms with Crippen molar-refractivity contribution in [2.45, 2.75) is 0 Å².